The smallest absolute Gasteiger partial charge is 0.246 e. The number of hydrogen-bond acceptors (Lipinski definition) is 4. The molecule has 1 heterocycles. The van der Waals surface area contributed by atoms with E-state index in [0.29, 0.717) is 23.8 Å². The number of halogens is 2. The van der Waals surface area contributed by atoms with Gasteiger partial charge < -0.3 is 9.64 Å². The van der Waals surface area contributed by atoms with Crippen LogP contribution in [-0.2, 0) is 10.0 Å². The van der Waals surface area contributed by atoms with Gasteiger partial charge in [-0.1, -0.05) is 23.7 Å². The van der Waals surface area contributed by atoms with Crippen LogP contribution in [-0.4, -0.2) is 46.0 Å². The Morgan fingerprint density at radius 1 is 1.08 bits per heavy atom. The molecule has 0 unspecified atom stereocenters. The molecule has 0 bridgehead atoms. The van der Waals surface area contributed by atoms with Crippen molar-refractivity contribution in [3.63, 3.8) is 0 Å². The molecule has 0 amide bonds. The van der Waals surface area contributed by atoms with Crippen LogP contribution >= 0.6 is 11.6 Å². The molecule has 1 saturated heterocycles. The van der Waals surface area contributed by atoms with Crippen molar-refractivity contribution in [2.24, 2.45) is 0 Å². The van der Waals surface area contributed by atoms with Gasteiger partial charge in [-0.25, -0.2) is 12.8 Å². The van der Waals surface area contributed by atoms with Crippen LogP contribution in [0.4, 0.5) is 10.1 Å². The fourth-order valence-electron chi connectivity index (χ4n) is 2.87. The quantitative estimate of drug-likeness (QED) is 0.813. The molecule has 0 saturated carbocycles. The number of ether oxygens (including phenoxy) is 1. The first-order valence-electron chi connectivity index (χ1n) is 7.76. The van der Waals surface area contributed by atoms with Gasteiger partial charge in [-0.2, -0.15) is 4.31 Å². The SMILES string of the molecule is COc1ccc(Cl)cc1S(=O)(=O)N1CCN(c2ccccc2F)CC1. The Hall–Kier alpha value is -1.83. The fraction of sp³-hybridized carbons (Fsp3) is 0.294. The maximum atomic E-state index is 13.9. The summed E-state index contributed by atoms with van der Waals surface area (Å²) in [6.45, 7) is 1.32. The van der Waals surface area contributed by atoms with Crippen LogP contribution in [0, 0.1) is 5.82 Å². The number of hydrogen-bond donors (Lipinski definition) is 0. The Morgan fingerprint density at radius 2 is 1.76 bits per heavy atom. The lowest BCUT2D eigenvalue weighted by molar-refractivity contribution is 0.373. The predicted molar refractivity (Wildman–Crippen MR) is 95.4 cm³/mol. The van der Waals surface area contributed by atoms with Gasteiger partial charge >= 0.3 is 0 Å². The van der Waals surface area contributed by atoms with E-state index in [1.807, 2.05) is 4.90 Å². The third-order valence-electron chi connectivity index (χ3n) is 4.18. The van der Waals surface area contributed by atoms with E-state index in [1.165, 1.54) is 29.6 Å². The van der Waals surface area contributed by atoms with E-state index in [-0.39, 0.29) is 29.6 Å². The molecule has 2 aromatic rings. The molecule has 0 aromatic heterocycles. The van der Waals surface area contributed by atoms with E-state index in [0.717, 1.165) is 0 Å². The van der Waals surface area contributed by atoms with Gasteiger partial charge in [-0.05, 0) is 30.3 Å². The van der Waals surface area contributed by atoms with E-state index in [4.69, 9.17) is 16.3 Å². The van der Waals surface area contributed by atoms with E-state index in [2.05, 4.69) is 0 Å². The number of benzene rings is 2. The van der Waals surface area contributed by atoms with E-state index >= 15 is 0 Å². The molecule has 5 nitrogen and oxygen atoms in total. The van der Waals surface area contributed by atoms with Crippen LogP contribution < -0.4 is 9.64 Å². The normalized spacial score (nSPS) is 16.0. The standard InChI is InChI=1S/C17H18ClFN2O3S/c1-24-16-7-6-13(18)12-17(16)25(22,23)21-10-8-20(9-11-21)15-5-3-2-4-14(15)19/h2-7,12H,8-11H2,1H3. The highest BCUT2D eigenvalue weighted by Gasteiger charge is 2.31. The molecular weight excluding hydrogens is 367 g/mol. The monoisotopic (exact) mass is 384 g/mol. The van der Waals surface area contributed by atoms with Crippen molar-refractivity contribution in [2.75, 3.05) is 38.2 Å². The lowest BCUT2D eigenvalue weighted by Gasteiger charge is -2.35. The highest BCUT2D eigenvalue weighted by atomic mass is 35.5. The zero-order valence-corrected chi connectivity index (χ0v) is 15.2. The Labute approximate surface area is 151 Å². The molecule has 0 atom stereocenters. The zero-order chi connectivity index (χ0) is 18.0. The van der Waals surface area contributed by atoms with Gasteiger partial charge in [-0.15, -0.1) is 0 Å². The van der Waals surface area contributed by atoms with Crippen LogP contribution in [0.3, 0.4) is 0 Å². The van der Waals surface area contributed by atoms with E-state index in [9.17, 15) is 12.8 Å². The van der Waals surface area contributed by atoms with Crippen molar-refractivity contribution in [1.82, 2.24) is 4.31 Å². The molecule has 0 radical (unpaired) electrons. The van der Waals surface area contributed by atoms with Crippen LogP contribution in [0.1, 0.15) is 0 Å². The molecule has 0 spiro atoms. The topological polar surface area (TPSA) is 49.9 Å². The Kier molecular flexibility index (Phi) is 5.17. The van der Waals surface area contributed by atoms with Crippen molar-refractivity contribution in [3.05, 3.63) is 53.3 Å². The minimum absolute atomic E-state index is 0.0434. The van der Waals surface area contributed by atoms with Gasteiger partial charge in [0.05, 0.1) is 12.8 Å². The summed E-state index contributed by atoms with van der Waals surface area (Å²) < 4.78 is 46.3. The number of sulfonamides is 1. The molecule has 25 heavy (non-hydrogen) atoms. The maximum absolute atomic E-state index is 13.9. The molecule has 0 aliphatic carbocycles. The minimum Gasteiger partial charge on any atom is -0.495 e. The molecule has 0 N–H and O–H groups in total. The van der Waals surface area contributed by atoms with Crippen molar-refractivity contribution >= 4 is 27.3 Å². The predicted octanol–water partition coefficient (Wildman–Crippen LogP) is 3.00. The number of rotatable bonds is 4. The zero-order valence-electron chi connectivity index (χ0n) is 13.7. The average Bonchev–Trinajstić information content (AvgIpc) is 2.62. The van der Waals surface area contributed by atoms with Crippen molar-refractivity contribution in [3.8, 4) is 5.75 Å². The molecule has 8 heteroatoms. The van der Waals surface area contributed by atoms with Crippen LogP contribution in [0.15, 0.2) is 47.4 Å². The molecule has 1 aliphatic heterocycles. The molecule has 1 aliphatic rings. The highest BCUT2D eigenvalue weighted by Crippen LogP contribution is 2.30. The largest absolute Gasteiger partial charge is 0.495 e. The summed E-state index contributed by atoms with van der Waals surface area (Å²) in [5.74, 6) is -0.0590. The van der Waals surface area contributed by atoms with Crippen molar-refractivity contribution < 1.29 is 17.5 Å². The maximum Gasteiger partial charge on any atom is 0.246 e. The Balaban J connectivity index is 1.81. The van der Waals surface area contributed by atoms with E-state index < -0.39 is 10.0 Å². The van der Waals surface area contributed by atoms with Crippen molar-refractivity contribution in [2.45, 2.75) is 4.90 Å². The summed E-state index contributed by atoms with van der Waals surface area (Å²) in [5.41, 5.74) is 0.486. The van der Waals surface area contributed by atoms with E-state index in [1.54, 1.807) is 24.3 Å². The number of piperazine rings is 1. The molecule has 3 rings (SSSR count). The van der Waals surface area contributed by atoms with Gasteiger partial charge in [0.1, 0.15) is 16.5 Å². The second-order valence-electron chi connectivity index (χ2n) is 5.64. The second kappa shape index (κ2) is 7.19. The fourth-order valence-corrected chi connectivity index (χ4v) is 4.71. The lowest BCUT2D eigenvalue weighted by atomic mass is 10.2. The summed E-state index contributed by atoms with van der Waals surface area (Å²) in [4.78, 5) is 1.89. The second-order valence-corrected chi connectivity index (χ2v) is 7.98. The number of anilines is 1. The van der Waals surface area contributed by atoms with Crippen LogP contribution in [0.2, 0.25) is 5.02 Å². The highest BCUT2D eigenvalue weighted by molar-refractivity contribution is 7.89. The molecule has 2 aromatic carbocycles. The third-order valence-corrected chi connectivity index (χ3v) is 6.33. The Bertz CT molecular complexity index is 868. The minimum atomic E-state index is -3.74. The van der Waals surface area contributed by atoms with Gasteiger partial charge in [0, 0.05) is 31.2 Å². The number of methoxy groups -OCH3 is 1. The third kappa shape index (κ3) is 3.58. The Morgan fingerprint density at radius 3 is 2.40 bits per heavy atom. The summed E-state index contributed by atoms with van der Waals surface area (Å²) in [6, 6.07) is 11.0. The first-order valence-corrected chi connectivity index (χ1v) is 9.58. The average molecular weight is 385 g/mol. The first-order chi connectivity index (χ1) is 11.9. The summed E-state index contributed by atoms with van der Waals surface area (Å²) >= 11 is 5.95. The van der Waals surface area contributed by atoms with Crippen LogP contribution in [0.25, 0.3) is 0 Å². The summed E-state index contributed by atoms with van der Waals surface area (Å²) in [6.07, 6.45) is 0. The summed E-state index contributed by atoms with van der Waals surface area (Å²) in [5, 5.41) is 0.323. The van der Waals surface area contributed by atoms with Gasteiger partial charge in [0.15, 0.2) is 0 Å². The molecule has 134 valence electrons. The molecule has 1 fully saturated rings. The van der Waals surface area contributed by atoms with Crippen molar-refractivity contribution in [1.29, 1.82) is 0 Å². The first kappa shape index (κ1) is 18.0. The summed E-state index contributed by atoms with van der Waals surface area (Å²) in [7, 11) is -2.32. The number of para-hydroxylation sites is 1. The molecular formula is C17H18ClFN2O3S. The van der Waals surface area contributed by atoms with Crippen LogP contribution in [0.5, 0.6) is 5.75 Å². The van der Waals surface area contributed by atoms with Gasteiger partial charge in [-0.3, -0.25) is 0 Å². The van der Waals surface area contributed by atoms with Gasteiger partial charge in [0.2, 0.25) is 10.0 Å². The number of nitrogens with zero attached hydrogens (tertiary/aromatic N) is 2. The lowest BCUT2D eigenvalue weighted by Crippen LogP contribution is -2.49. The van der Waals surface area contributed by atoms with Gasteiger partial charge in [0.25, 0.3) is 0 Å².